The number of rotatable bonds is 75. The first-order valence-electron chi connectivity index (χ1n) is 50.9. The number of carbonyl (C=O) groups excluding carboxylic acids is 14. The molecule has 4 aliphatic heterocycles. The van der Waals surface area contributed by atoms with Crippen molar-refractivity contribution in [1.29, 1.82) is 0 Å². The molecule has 0 saturated carbocycles. The number of hydrogen-bond acceptors (Lipinski definition) is 39. The van der Waals surface area contributed by atoms with Gasteiger partial charge in [-0.05, 0) is 127 Å². The number of benzene rings is 1. The van der Waals surface area contributed by atoms with E-state index in [2.05, 4.69) is 83.5 Å². The topological polar surface area (TPSA) is 792 Å². The third-order valence-electron chi connectivity index (χ3n) is 24.3. The van der Waals surface area contributed by atoms with Crippen molar-refractivity contribution in [2.45, 2.75) is 349 Å². The zero-order valence-electron chi connectivity index (χ0n) is 85.0. The Morgan fingerprint density at radius 2 is 0.601 bits per heavy atom. The van der Waals surface area contributed by atoms with Gasteiger partial charge in [-0.15, -0.1) is 0 Å². The number of ether oxygens (including phenoxy) is 9. The van der Waals surface area contributed by atoms with Crippen molar-refractivity contribution in [1.82, 2.24) is 74.4 Å². The van der Waals surface area contributed by atoms with E-state index in [-0.39, 0.29) is 216 Å². The summed E-state index contributed by atoms with van der Waals surface area (Å²) < 4.78 is 71.7. The number of unbranched alkanes of at least 4 members (excludes halogenated alkanes) is 13. The van der Waals surface area contributed by atoms with E-state index in [1.54, 1.807) is 0 Å². The molecule has 0 spiro atoms. The zero-order chi connectivity index (χ0) is 109. The molecule has 4 fully saturated rings. The molecule has 1 aromatic carbocycles. The van der Waals surface area contributed by atoms with Crippen molar-refractivity contribution in [3.05, 3.63) is 29.3 Å². The second-order valence-corrected chi connectivity index (χ2v) is 38.0. The van der Waals surface area contributed by atoms with Gasteiger partial charge in [-0.2, -0.15) is 0 Å². The number of nitrogens with one attached hydrogen (secondary N) is 14. The van der Waals surface area contributed by atoms with Crippen molar-refractivity contribution >= 4 is 90.5 Å². The summed E-state index contributed by atoms with van der Waals surface area (Å²) in [6.45, 7) is 1.48. The van der Waals surface area contributed by atoms with E-state index in [1.165, 1.54) is 45.9 Å². The van der Waals surface area contributed by atoms with Gasteiger partial charge in [-0.1, -0.05) is 38.5 Å². The number of aliphatic hydroxyl groups is 12. The van der Waals surface area contributed by atoms with E-state index < -0.39 is 228 Å². The minimum Gasteiger partial charge on any atom is -0.756 e. The molecule has 0 bridgehead atoms. The van der Waals surface area contributed by atoms with Gasteiger partial charge in [0.05, 0.1) is 39.6 Å². The molecular formula is C94H160N14O39P-. The van der Waals surface area contributed by atoms with Crippen LogP contribution in [0.5, 0.6) is 5.75 Å². The number of hydrogen-bond donors (Lipinski definition) is 26. The maximum absolute atomic E-state index is 14.2. The Morgan fingerprint density at radius 1 is 0.324 bits per heavy atom. The molecular weight excluding hydrogens is 1980 g/mol. The van der Waals surface area contributed by atoms with Crippen LogP contribution in [0.1, 0.15) is 235 Å². The molecule has 1 aromatic rings. The highest BCUT2D eigenvalue weighted by Crippen LogP contribution is 2.37. The van der Waals surface area contributed by atoms with Crippen LogP contribution in [0.25, 0.3) is 0 Å². The molecule has 4 heterocycles. The van der Waals surface area contributed by atoms with E-state index in [1.807, 2.05) is 0 Å². The normalized spacial score (nSPS) is 24.5. The van der Waals surface area contributed by atoms with Gasteiger partial charge in [0, 0.05) is 157 Å². The molecule has 4 aliphatic rings. The molecule has 54 heteroatoms. The van der Waals surface area contributed by atoms with E-state index in [0.29, 0.717) is 64.2 Å². The van der Waals surface area contributed by atoms with Gasteiger partial charge in [-0.3, -0.25) is 71.7 Å². The number of phosphoric ester groups is 1. The standard InChI is InChI=1S/C94H161N14O39P/c1-56(113)103-75-83(127)79(123)65(52-109)144-91(75)139-43-22-16-31-70(118)95-35-20-14-27-63(107-73(121)33-18-24-45-141-93-77(105-58(3)115)85(129)81(125)67(54-111)146-93)89(133)101-40-38-99-87(131)60-49-61(51-62(50-60)138-48-42-98-72(120)30-13-11-9-7-6-8-10-12-29-69(117)97-37-26-47-143-148(135,136)137-5)88(132)100-39-41-102-90(134)64(108-74(122)34-19-25-46-142-94-78(106-59(4)116)86(130)82(126)68(55-112)147-94)28-15-21-36-96-71(119)32-17-23-44-140-92-76(104-57(2)114)84(128)80(124)66(53-110)145-92/h49-51,63-68,75-86,91-94,109-112,123-130H,6-48,52-55H2,1-5H3,(H,95,118)(H,96,119)(H,97,117)(H,98,120)(H,99,131)(H,100,132)(H,101,133)(H,102,134)(H,103,113)(H,104,114)(H,105,115)(H,106,116)(H,107,121)(H,108,122)(H,135,136)/p-1/t63-,64?,65?,66?,67?,68?,75?,76?,77?,78?,79?,80?,81?,82?,83?,84?,85?,86?,91?,92?,93?,94?/m0/s1. The van der Waals surface area contributed by atoms with Crippen LogP contribution in [0.4, 0.5) is 0 Å². The summed E-state index contributed by atoms with van der Waals surface area (Å²) in [5.41, 5.74) is -0.209. The number of amides is 14. The Bertz CT molecular complexity index is 4010. The number of phosphoric acid groups is 1. The second kappa shape index (κ2) is 72.4. The van der Waals surface area contributed by atoms with Gasteiger partial charge in [0.2, 0.25) is 70.9 Å². The average molecular weight is 2140 g/mol. The SMILES string of the molecule is COP(=O)([O-])OCCCNC(=O)CCCCCCCCCCC(=O)NCCOc1cc(C(=O)NCCNC(=O)C(CCCCNC(=O)CCCCOC2OC(CO)C(O)C(O)C2NC(C)=O)NC(=O)CCCCOC2OC(CO)C(O)C(O)C2NC(C)=O)cc(C(=O)NCCNC(=O)[C@H](CCCCNC(=O)CCCCOC2OC(CO)C(O)C(O)C2NC(C)=O)NC(=O)CCCCOC2OC(CO)C(O)C(O)C2NC(C)=O)c1. The highest BCUT2D eigenvalue weighted by molar-refractivity contribution is 7.45. The Labute approximate surface area is 860 Å². The fourth-order valence-electron chi connectivity index (χ4n) is 16.3. The Hall–Kier alpha value is -9.09. The molecule has 0 radical (unpaired) electrons. The van der Waals surface area contributed by atoms with Gasteiger partial charge in [-0.25, -0.2) is 0 Å². The molecule has 148 heavy (non-hydrogen) atoms. The minimum absolute atomic E-state index is 0.00666. The highest BCUT2D eigenvalue weighted by Gasteiger charge is 2.50. The monoisotopic (exact) mass is 2140 g/mol. The summed E-state index contributed by atoms with van der Waals surface area (Å²) in [6, 6.07) is -3.12. The van der Waals surface area contributed by atoms with Crippen molar-refractivity contribution in [3.8, 4) is 5.75 Å². The van der Waals surface area contributed by atoms with E-state index in [0.717, 1.165) is 45.6 Å². The van der Waals surface area contributed by atoms with E-state index in [9.17, 15) is 138 Å². The zero-order valence-corrected chi connectivity index (χ0v) is 85.9. The quantitative estimate of drug-likeness (QED) is 0.0213. The van der Waals surface area contributed by atoms with Crippen molar-refractivity contribution in [2.75, 3.05) is 126 Å². The summed E-state index contributed by atoms with van der Waals surface area (Å²) in [7, 11) is -3.34. The highest BCUT2D eigenvalue weighted by atomic mass is 31.2. The van der Waals surface area contributed by atoms with Crippen LogP contribution in [-0.2, 0) is 109 Å². The Morgan fingerprint density at radius 3 is 0.899 bits per heavy atom. The molecule has 0 aliphatic carbocycles. The van der Waals surface area contributed by atoms with Gasteiger partial charge < -0.3 is 192 Å². The fraction of sp³-hybridized carbons (Fsp3) is 0.787. The first-order valence-corrected chi connectivity index (χ1v) is 52.3. The Balaban J connectivity index is 1.23. The first kappa shape index (κ1) is 129. The number of aliphatic hydroxyl groups excluding tert-OH is 12. The summed E-state index contributed by atoms with van der Waals surface area (Å²) in [6.07, 6.45) is -11.4. The molecule has 0 aromatic heterocycles. The van der Waals surface area contributed by atoms with E-state index >= 15 is 0 Å². The summed E-state index contributed by atoms with van der Waals surface area (Å²) in [4.78, 5) is 194. The van der Waals surface area contributed by atoms with Crippen LogP contribution in [0.15, 0.2) is 18.2 Å². The lowest BCUT2D eigenvalue weighted by Gasteiger charge is -2.42. The Kier molecular flexibility index (Phi) is 63.3. The van der Waals surface area contributed by atoms with Gasteiger partial charge >= 0.3 is 0 Å². The largest absolute Gasteiger partial charge is 0.756 e. The molecule has 22 unspecified atom stereocenters. The lowest BCUT2D eigenvalue weighted by atomic mass is 9.97. The molecule has 26 N–H and O–H groups in total. The van der Waals surface area contributed by atoms with Crippen molar-refractivity contribution < 1.29 is 190 Å². The third kappa shape index (κ3) is 50.0. The smallest absolute Gasteiger partial charge is 0.267 e. The molecule has 53 nitrogen and oxygen atoms in total. The summed E-state index contributed by atoms with van der Waals surface area (Å²) in [5.74, 6) is -7.15. The van der Waals surface area contributed by atoms with Crippen LogP contribution >= 0.6 is 7.82 Å². The van der Waals surface area contributed by atoms with Crippen LogP contribution in [0, 0.1) is 0 Å². The maximum atomic E-state index is 14.2. The minimum atomic E-state index is -4.33. The number of carbonyl (C=O) groups is 14. The first-order chi connectivity index (χ1) is 70.7. The van der Waals surface area contributed by atoms with Crippen molar-refractivity contribution in [3.63, 3.8) is 0 Å². The maximum Gasteiger partial charge on any atom is 0.267 e. The second-order valence-electron chi connectivity index (χ2n) is 36.5. The lowest BCUT2D eigenvalue weighted by Crippen LogP contribution is -2.64. The van der Waals surface area contributed by atoms with Crippen LogP contribution < -0.4 is 84.1 Å². The predicted molar refractivity (Wildman–Crippen MR) is 518 cm³/mol. The van der Waals surface area contributed by atoms with Crippen LogP contribution in [0.2, 0.25) is 0 Å². The summed E-state index contributed by atoms with van der Waals surface area (Å²) in [5, 5.41) is 161. The van der Waals surface area contributed by atoms with Crippen LogP contribution in [-0.4, -0.2) is 404 Å². The van der Waals surface area contributed by atoms with E-state index in [4.69, 9.17) is 42.6 Å². The van der Waals surface area contributed by atoms with Gasteiger partial charge in [0.1, 0.15) is 122 Å². The molecule has 23 atom stereocenters. The average Bonchev–Trinajstić information content (AvgIpc) is 1.01. The molecule has 846 valence electrons. The van der Waals surface area contributed by atoms with Crippen molar-refractivity contribution in [2.24, 2.45) is 0 Å². The predicted octanol–water partition coefficient (Wildman–Crippen LogP) is -6.52. The van der Waals surface area contributed by atoms with Gasteiger partial charge in [0.25, 0.3) is 19.6 Å². The van der Waals surface area contributed by atoms with Crippen LogP contribution in [0.3, 0.4) is 0 Å². The fourth-order valence-corrected chi connectivity index (χ4v) is 16.7. The third-order valence-corrected chi connectivity index (χ3v) is 25.3. The summed E-state index contributed by atoms with van der Waals surface area (Å²) >= 11 is 0. The van der Waals surface area contributed by atoms with Gasteiger partial charge in [0.15, 0.2) is 25.2 Å². The molecule has 5 rings (SSSR count). The lowest BCUT2D eigenvalue weighted by molar-refractivity contribution is -0.270. The molecule has 4 saturated heterocycles. The molecule has 14 amide bonds.